The molecular formula is C20H21ClF3N3O3S. The molecule has 0 radical (unpaired) electrons. The summed E-state index contributed by atoms with van der Waals surface area (Å²) >= 11 is 6.00. The van der Waals surface area contributed by atoms with E-state index in [0.29, 0.717) is 31.2 Å². The molecule has 1 amide bonds. The summed E-state index contributed by atoms with van der Waals surface area (Å²) in [5, 5.41) is 3.05. The predicted molar refractivity (Wildman–Crippen MR) is 113 cm³/mol. The van der Waals surface area contributed by atoms with Crippen molar-refractivity contribution in [3.05, 3.63) is 64.7 Å². The molecule has 3 rings (SSSR count). The van der Waals surface area contributed by atoms with Crippen LogP contribution in [-0.2, 0) is 16.2 Å². The van der Waals surface area contributed by atoms with Crippen molar-refractivity contribution in [3.8, 4) is 0 Å². The third kappa shape index (κ3) is 6.11. The Morgan fingerprint density at radius 3 is 2.26 bits per heavy atom. The number of nitrogens with one attached hydrogen (secondary N) is 1. The van der Waals surface area contributed by atoms with Crippen molar-refractivity contribution < 1.29 is 26.4 Å². The lowest BCUT2D eigenvalue weighted by atomic mass is 10.1. The van der Waals surface area contributed by atoms with Gasteiger partial charge in [0.05, 0.1) is 11.3 Å². The monoisotopic (exact) mass is 475 g/mol. The van der Waals surface area contributed by atoms with Gasteiger partial charge in [-0.25, -0.2) is 8.42 Å². The molecule has 0 saturated carbocycles. The summed E-state index contributed by atoms with van der Waals surface area (Å²) < 4.78 is 64.3. The zero-order valence-electron chi connectivity index (χ0n) is 16.4. The average Bonchev–Trinajstić information content (AvgIpc) is 2.73. The molecule has 2 aromatic carbocycles. The van der Waals surface area contributed by atoms with Crippen LogP contribution in [0.2, 0.25) is 5.02 Å². The number of hydrogen-bond acceptors (Lipinski definition) is 4. The van der Waals surface area contributed by atoms with Crippen molar-refractivity contribution in [3.63, 3.8) is 0 Å². The van der Waals surface area contributed by atoms with Crippen LogP contribution in [0.25, 0.3) is 0 Å². The van der Waals surface area contributed by atoms with E-state index in [-0.39, 0.29) is 17.9 Å². The Morgan fingerprint density at radius 2 is 1.68 bits per heavy atom. The SMILES string of the molecule is O=C(NCCS(=O)(=O)N1CCN(c2cccc(Cl)c2)CC1)c1ccc(C(F)(F)F)cc1. The zero-order valence-corrected chi connectivity index (χ0v) is 18.0. The van der Waals surface area contributed by atoms with E-state index in [0.717, 1.165) is 30.0 Å². The zero-order chi connectivity index (χ0) is 22.6. The summed E-state index contributed by atoms with van der Waals surface area (Å²) in [5.41, 5.74) is 0.0948. The molecule has 0 atom stereocenters. The van der Waals surface area contributed by atoms with E-state index >= 15 is 0 Å². The summed E-state index contributed by atoms with van der Waals surface area (Å²) in [5.74, 6) is -0.925. The Morgan fingerprint density at radius 1 is 1.03 bits per heavy atom. The first-order chi connectivity index (χ1) is 14.6. The summed E-state index contributed by atoms with van der Waals surface area (Å²) in [6, 6.07) is 11.1. The van der Waals surface area contributed by atoms with E-state index in [1.807, 2.05) is 23.1 Å². The molecule has 1 heterocycles. The minimum atomic E-state index is -4.49. The number of sulfonamides is 1. The number of piperazine rings is 1. The number of carbonyl (C=O) groups is 1. The molecule has 0 unspecified atom stereocenters. The first kappa shape index (κ1) is 23.4. The van der Waals surface area contributed by atoms with Gasteiger partial charge in [-0.2, -0.15) is 17.5 Å². The van der Waals surface area contributed by atoms with Gasteiger partial charge in [0.1, 0.15) is 0 Å². The van der Waals surface area contributed by atoms with Crippen LogP contribution in [0.5, 0.6) is 0 Å². The fourth-order valence-corrected chi connectivity index (χ4v) is 4.75. The predicted octanol–water partition coefficient (Wildman–Crippen LogP) is 3.24. The van der Waals surface area contributed by atoms with Crippen molar-refractivity contribution >= 4 is 33.2 Å². The lowest BCUT2D eigenvalue weighted by Gasteiger charge is -2.35. The fourth-order valence-electron chi connectivity index (χ4n) is 3.23. The third-order valence-electron chi connectivity index (χ3n) is 4.93. The van der Waals surface area contributed by atoms with Crippen LogP contribution >= 0.6 is 11.6 Å². The fraction of sp³-hybridized carbons (Fsp3) is 0.350. The molecule has 1 aliphatic heterocycles. The van der Waals surface area contributed by atoms with Gasteiger partial charge in [0.25, 0.3) is 5.91 Å². The molecule has 6 nitrogen and oxygen atoms in total. The summed E-state index contributed by atoms with van der Waals surface area (Å²) in [6.07, 6.45) is -4.49. The van der Waals surface area contributed by atoms with Crippen LogP contribution in [0, 0.1) is 0 Å². The highest BCUT2D eigenvalue weighted by Gasteiger charge is 2.30. The molecule has 2 aromatic rings. The van der Waals surface area contributed by atoms with Crippen molar-refractivity contribution in [1.29, 1.82) is 0 Å². The molecule has 11 heteroatoms. The van der Waals surface area contributed by atoms with Gasteiger partial charge in [-0.3, -0.25) is 4.79 Å². The van der Waals surface area contributed by atoms with Crippen LogP contribution in [0.4, 0.5) is 18.9 Å². The average molecular weight is 476 g/mol. The van der Waals surface area contributed by atoms with Crippen LogP contribution in [-0.4, -0.2) is 57.1 Å². The highest BCUT2D eigenvalue weighted by atomic mass is 35.5. The second-order valence-electron chi connectivity index (χ2n) is 7.01. The first-order valence-corrected chi connectivity index (χ1v) is 11.5. The molecule has 31 heavy (non-hydrogen) atoms. The van der Waals surface area contributed by atoms with Gasteiger partial charge in [-0.15, -0.1) is 0 Å². The van der Waals surface area contributed by atoms with Crippen LogP contribution in [0.3, 0.4) is 0 Å². The number of amides is 1. The molecule has 0 aliphatic carbocycles. The molecule has 1 aliphatic rings. The van der Waals surface area contributed by atoms with E-state index in [2.05, 4.69) is 5.32 Å². The maximum Gasteiger partial charge on any atom is 0.416 e. The maximum atomic E-state index is 12.6. The largest absolute Gasteiger partial charge is 0.416 e. The number of hydrogen-bond donors (Lipinski definition) is 1. The molecule has 0 spiro atoms. The van der Waals surface area contributed by atoms with Crippen LogP contribution in [0.15, 0.2) is 48.5 Å². The number of alkyl halides is 3. The summed E-state index contributed by atoms with van der Waals surface area (Å²) in [4.78, 5) is 14.1. The molecule has 1 N–H and O–H groups in total. The van der Waals surface area contributed by atoms with Crippen LogP contribution in [0.1, 0.15) is 15.9 Å². The second kappa shape index (κ2) is 9.46. The van der Waals surface area contributed by atoms with Crippen molar-refractivity contribution in [2.24, 2.45) is 0 Å². The van der Waals surface area contributed by atoms with Gasteiger partial charge in [-0.1, -0.05) is 17.7 Å². The third-order valence-corrected chi connectivity index (χ3v) is 7.03. The van der Waals surface area contributed by atoms with E-state index in [1.165, 1.54) is 4.31 Å². The summed E-state index contributed by atoms with van der Waals surface area (Å²) in [7, 11) is -3.58. The van der Waals surface area contributed by atoms with Gasteiger partial charge < -0.3 is 10.2 Å². The molecule has 0 aromatic heterocycles. The lowest BCUT2D eigenvalue weighted by Crippen LogP contribution is -2.50. The second-order valence-corrected chi connectivity index (χ2v) is 9.54. The Labute approximate surface area is 183 Å². The van der Waals surface area contributed by atoms with Gasteiger partial charge >= 0.3 is 6.18 Å². The van der Waals surface area contributed by atoms with Gasteiger partial charge in [-0.05, 0) is 42.5 Å². The lowest BCUT2D eigenvalue weighted by molar-refractivity contribution is -0.137. The van der Waals surface area contributed by atoms with Gasteiger partial charge in [0, 0.05) is 49.0 Å². The molecule has 0 bridgehead atoms. The van der Waals surface area contributed by atoms with Crippen LogP contribution < -0.4 is 10.2 Å². The van der Waals surface area contributed by atoms with E-state index in [9.17, 15) is 26.4 Å². The first-order valence-electron chi connectivity index (χ1n) is 9.50. The summed E-state index contributed by atoms with van der Waals surface area (Å²) in [6.45, 7) is 1.50. The van der Waals surface area contributed by atoms with Gasteiger partial charge in [0.15, 0.2) is 0 Å². The van der Waals surface area contributed by atoms with E-state index in [4.69, 9.17) is 11.6 Å². The highest BCUT2D eigenvalue weighted by molar-refractivity contribution is 7.89. The Hall–Kier alpha value is -2.30. The Balaban J connectivity index is 1.48. The minimum absolute atomic E-state index is 0.0283. The molecule has 1 fully saturated rings. The number of benzene rings is 2. The molecule has 1 saturated heterocycles. The smallest absolute Gasteiger partial charge is 0.369 e. The number of halogens is 4. The Kier molecular flexibility index (Phi) is 7.13. The minimum Gasteiger partial charge on any atom is -0.369 e. The molecule has 168 valence electrons. The van der Waals surface area contributed by atoms with Crippen molar-refractivity contribution in [1.82, 2.24) is 9.62 Å². The van der Waals surface area contributed by atoms with E-state index < -0.39 is 27.7 Å². The number of nitrogens with zero attached hydrogens (tertiary/aromatic N) is 2. The van der Waals surface area contributed by atoms with Crippen molar-refractivity contribution in [2.45, 2.75) is 6.18 Å². The normalized spacial score (nSPS) is 15.7. The Bertz CT molecular complexity index is 1020. The van der Waals surface area contributed by atoms with Gasteiger partial charge in [0.2, 0.25) is 10.0 Å². The number of carbonyl (C=O) groups excluding carboxylic acids is 1. The standard InChI is InChI=1S/C20H21ClF3N3O3S/c21-17-2-1-3-18(14-17)26-9-11-27(12-10-26)31(29,30)13-8-25-19(28)15-4-6-16(7-5-15)20(22,23)24/h1-7,14H,8-13H2,(H,25,28). The van der Waals surface area contributed by atoms with Crippen molar-refractivity contribution in [2.75, 3.05) is 43.4 Å². The number of rotatable bonds is 6. The quantitative estimate of drug-likeness (QED) is 0.696. The molecular weight excluding hydrogens is 455 g/mol. The highest BCUT2D eigenvalue weighted by Crippen LogP contribution is 2.29. The maximum absolute atomic E-state index is 12.6. The number of anilines is 1. The topological polar surface area (TPSA) is 69.7 Å². The van der Waals surface area contributed by atoms with E-state index in [1.54, 1.807) is 6.07 Å².